The summed E-state index contributed by atoms with van der Waals surface area (Å²) < 4.78 is 54.5. The van der Waals surface area contributed by atoms with Crippen LogP contribution in [0.2, 0.25) is 0 Å². The molecule has 158 valence electrons. The van der Waals surface area contributed by atoms with Gasteiger partial charge in [0.15, 0.2) is 0 Å². The number of rotatable bonds is 6. The molecule has 1 aliphatic heterocycles. The van der Waals surface area contributed by atoms with Crippen molar-refractivity contribution in [3.05, 3.63) is 58.9 Å². The minimum absolute atomic E-state index is 0.00192. The molecule has 1 fully saturated rings. The van der Waals surface area contributed by atoms with E-state index >= 15 is 0 Å². The second-order valence-corrected chi connectivity index (χ2v) is 11.7. The van der Waals surface area contributed by atoms with Gasteiger partial charge in [-0.1, -0.05) is 12.1 Å². The van der Waals surface area contributed by atoms with Gasteiger partial charge < -0.3 is 0 Å². The zero-order valence-corrected chi connectivity index (χ0v) is 18.7. The standard InChI is InChI=1S/C20H21N3O4S3/c1-15-21-20(14-28-15)16-4-6-17(7-5-16)22-29(24,25)18-8-10-19(11-9-18)30(26,27)23-12-2-3-13-23/h4-11,14,22H,2-3,12-13H2,1H3. The number of aryl methyl sites for hydroxylation is 1. The molecule has 0 spiro atoms. The van der Waals surface area contributed by atoms with Gasteiger partial charge in [-0.3, -0.25) is 4.72 Å². The number of sulfonamides is 2. The number of benzene rings is 2. The Morgan fingerprint density at radius 2 is 1.50 bits per heavy atom. The van der Waals surface area contributed by atoms with Crippen molar-refractivity contribution in [1.29, 1.82) is 0 Å². The van der Waals surface area contributed by atoms with Crippen LogP contribution in [0.1, 0.15) is 17.8 Å². The van der Waals surface area contributed by atoms with Crippen molar-refractivity contribution in [2.24, 2.45) is 0 Å². The molecule has 1 aromatic heterocycles. The minimum Gasteiger partial charge on any atom is -0.280 e. The van der Waals surface area contributed by atoms with Crippen LogP contribution in [-0.4, -0.2) is 39.2 Å². The molecule has 0 bridgehead atoms. The molecule has 0 atom stereocenters. The van der Waals surface area contributed by atoms with Gasteiger partial charge in [0.1, 0.15) is 0 Å². The zero-order chi connectivity index (χ0) is 21.4. The van der Waals surface area contributed by atoms with E-state index in [1.807, 2.05) is 12.3 Å². The SMILES string of the molecule is Cc1nc(-c2ccc(NS(=O)(=O)c3ccc(S(=O)(=O)N4CCCC4)cc3)cc2)cs1. The largest absolute Gasteiger partial charge is 0.280 e. The van der Waals surface area contributed by atoms with Gasteiger partial charge in [-0.25, -0.2) is 21.8 Å². The molecule has 0 amide bonds. The van der Waals surface area contributed by atoms with Crippen LogP contribution in [0.25, 0.3) is 11.3 Å². The summed E-state index contributed by atoms with van der Waals surface area (Å²) in [5, 5.41) is 2.91. The molecule has 1 saturated heterocycles. The van der Waals surface area contributed by atoms with E-state index in [1.54, 1.807) is 35.6 Å². The summed E-state index contributed by atoms with van der Waals surface area (Å²) in [6.45, 7) is 2.93. The Hall–Kier alpha value is -2.27. The summed E-state index contributed by atoms with van der Waals surface area (Å²) in [7, 11) is -7.42. The van der Waals surface area contributed by atoms with Gasteiger partial charge in [-0.05, 0) is 56.2 Å². The first kappa shape index (κ1) is 21.0. The van der Waals surface area contributed by atoms with Crippen molar-refractivity contribution in [2.45, 2.75) is 29.6 Å². The van der Waals surface area contributed by atoms with Crippen LogP contribution in [0.5, 0.6) is 0 Å². The van der Waals surface area contributed by atoms with E-state index in [4.69, 9.17) is 0 Å². The molecule has 10 heteroatoms. The average Bonchev–Trinajstić information content (AvgIpc) is 3.41. The van der Waals surface area contributed by atoms with E-state index in [2.05, 4.69) is 9.71 Å². The van der Waals surface area contributed by atoms with Crippen LogP contribution in [0.4, 0.5) is 5.69 Å². The number of nitrogens with zero attached hydrogens (tertiary/aromatic N) is 2. The maximum Gasteiger partial charge on any atom is 0.261 e. The summed E-state index contributed by atoms with van der Waals surface area (Å²) in [6.07, 6.45) is 1.69. The van der Waals surface area contributed by atoms with E-state index in [9.17, 15) is 16.8 Å². The number of hydrogen-bond acceptors (Lipinski definition) is 6. The highest BCUT2D eigenvalue weighted by molar-refractivity contribution is 7.92. The van der Waals surface area contributed by atoms with Crippen molar-refractivity contribution in [1.82, 2.24) is 9.29 Å². The summed E-state index contributed by atoms with van der Waals surface area (Å²) in [4.78, 5) is 4.52. The predicted octanol–water partition coefficient (Wildman–Crippen LogP) is 3.70. The molecule has 0 aliphatic carbocycles. The number of anilines is 1. The molecule has 2 heterocycles. The number of thiazole rings is 1. The maximum atomic E-state index is 12.7. The lowest BCUT2D eigenvalue weighted by Gasteiger charge is -2.15. The van der Waals surface area contributed by atoms with Crippen LogP contribution in [-0.2, 0) is 20.0 Å². The van der Waals surface area contributed by atoms with Crippen LogP contribution >= 0.6 is 11.3 Å². The summed E-state index contributed by atoms with van der Waals surface area (Å²) in [6, 6.07) is 12.3. The molecule has 0 saturated carbocycles. The zero-order valence-electron chi connectivity index (χ0n) is 16.3. The third-order valence-corrected chi connectivity index (χ3v) is 8.97. The van der Waals surface area contributed by atoms with E-state index in [1.165, 1.54) is 28.6 Å². The third-order valence-electron chi connectivity index (χ3n) is 4.89. The molecular formula is C20H21N3O4S3. The van der Waals surface area contributed by atoms with Crippen molar-refractivity contribution in [3.8, 4) is 11.3 Å². The Morgan fingerprint density at radius 1 is 0.900 bits per heavy atom. The van der Waals surface area contributed by atoms with Gasteiger partial charge in [0.25, 0.3) is 10.0 Å². The predicted molar refractivity (Wildman–Crippen MR) is 118 cm³/mol. The second kappa shape index (κ2) is 8.10. The van der Waals surface area contributed by atoms with Crippen molar-refractivity contribution >= 4 is 37.1 Å². The lowest BCUT2D eigenvalue weighted by Crippen LogP contribution is -2.27. The lowest BCUT2D eigenvalue weighted by atomic mass is 10.1. The lowest BCUT2D eigenvalue weighted by molar-refractivity contribution is 0.477. The minimum atomic E-state index is -3.84. The van der Waals surface area contributed by atoms with Crippen LogP contribution in [0, 0.1) is 6.92 Å². The van der Waals surface area contributed by atoms with Gasteiger partial charge in [0.05, 0.1) is 20.5 Å². The third kappa shape index (κ3) is 4.27. The van der Waals surface area contributed by atoms with Crippen molar-refractivity contribution in [3.63, 3.8) is 0 Å². The van der Waals surface area contributed by atoms with E-state index in [0.29, 0.717) is 18.8 Å². The molecular weight excluding hydrogens is 442 g/mol. The maximum absolute atomic E-state index is 12.7. The Bertz CT molecular complexity index is 1240. The summed E-state index contributed by atoms with van der Waals surface area (Å²) in [5.74, 6) is 0. The first-order valence-electron chi connectivity index (χ1n) is 9.41. The Morgan fingerprint density at radius 3 is 2.07 bits per heavy atom. The number of hydrogen-bond donors (Lipinski definition) is 1. The molecule has 4 rings (SSSR count). The fourth-order valence-electron chi connectivity index (χ4n) is 3.29. The van der Waals surface area contributed by atoms with E-state index in [0.717, 1.165) is 29.1 Å². The van der Waals surface area contributed by atoms with Crippen molar-refractivity contribution in [2.75, 3.05) is 17.8 Å². The fourth-order valence-corrected chi connectivity index (χ4v) is 6.49. The van der Waals surface area contributed by atoms with Gasteiger partial charge in [-0.2, -0.15) is 4.31 Å². The Kier molecular flexibility index (Phi) is 5.67. The molecule has 2 aromatic carbocycles. The second-order valence-electron chi connectivity index (χ2n) is 7.02. The Balaban J connectivity index is 1.51. The highest BCUT2D eigenvalue weighted by atomic mass is 32.2. The molecule has 7 nitrogen and oxygen atoms in total. The van der Waals surface area contributed by atoms with E-state index in [-0.39, 0.29) is 9.79 Å². The fraction of sp³-hybridized carbons (Fsp3) is 0.250. The first-order chi connectivity index (χ1) is 14.3. The van der Waals surface area contributed by atoms with E-state index < -0.39 is 20.0 Å². The molecule has 1 aliphatic rings. The summed E-state index contributed by atoms with van der Waals surface area (Å²) in [5.41, 5.74) is 2.17. The summed E-state index contributed by atoms with van der Waals surface area (Å²) >= 11 is 1.55. The molecule has 0 radical (unpaired) electrons. The molecule has 30 heavy (non-hydrogen) atoms. The van der Waals surface area contributed by atoms with Crippen LogP contribution in [0.3, 0.4) is 0 Å². The number of nitrogens with one attached hydrogen (secondary N) is 1. The highest BCUT2D eigenvalue weighted by Crippen LogP contribution is 2.25. The van der Waals surface area contributed by atoms with Gasteiger partial charge in [0, 0.05) is 29.7 Å². The van der Waals surface area contributed by atoms with Gasteiger partial charge in [-0.15, -0.1) is 11.3 Å². The molecule has 3 aromatic rings. The van der Waals surface area contributed by atoms with Gasteiger partial charge in [0.2, 0.25) is 10.0 Å². The molecule has 1 N–H and O–H groups in total. The first-order valence-corrected chi connectivity index (χ1v) is 13.2. The number of aromatic nitrogens is 1. The monoisotopic (exact) mass is 463 g/mol. The van der Waals surface area contributed by atoms with Crippen LogP contribution in [0.15, 0.2) is 63.7 Å². The van der Waals surface area contributed by atoms with Crippen molar-refractivity contribution < 1.29 is 16.8 Å². The smallest absolute Gasteiger partial charge is 0.261 e. The average molecular weight is 464 g/mol. The topological polar surface area (TPSA) is 96.4 Å². The quantitative estimate of drug-likeness (QED) is 0.601. The molecule has 0 unspecified atom stereocenters. The van der Waals surface area contributed by atoms with Gasteiger partial charge >= 0.3 is 0 Å². The Labute approximate surface area is 180 Å². The highest BCUT2D eigenvalue weighted by Gasteiger charge is 2.27. The normalized spacial score (nSPS) is 15.4. The van der Waals surface area contributed by atoms with Crippen LogP contribution < -0.4 is 4.72 Å².